The molecule has 0 bridgehead atoms. The van der Waals surface area contributed by atoms with Crippen LogP contribution in [0.15, 0.2) is 22.7 Å². The molecule has 1 unspecified atom stereocenters. The maximum absolute atomic E-state index is 10.5. The van der Waals surface area contributed by atoms with Crippen molar-refractivity contribution in [2.45, 2.75) is 32.9 Å². The largest absolute Gasteiger partial charge is 0.388 e. The number of aryl methyl sites for hydroxylation is 2. The van der Waals surface area contributed by atoms with Gasteiger partial charge in [0.05, 0.1) is 22.5 Å². The lowest BCUT2D eigenvalue weighted by atomic mass is 10.0. The van der Waals surface area contributed by atoms with Crippen molar-refractivity contribution in [2.75, 3.05) is 0 Å². The molecule has 0 aliphatic rings. The molecule has 1 aromatic carbocycles. The minimum Gasteiger partial charge on any atom is -0.388 e. The van der Waals surface area contributed by atoms with E-state index in [-0.39, 0.29) is 0 Å². The van der Waals surface area contributed by atoms with Gasteiger partial charge >= 0.3 is 0 Å². The summed E-state index contributed by atoms with van der Waals surface area (Å²) in [5, 5.41) is 15.5. The lowest BCUT2D eigenvalue weighted by molar-refractivity contribution is 0.174. The van der Waals surface area contributed by atoms with Crippen LogP contribution in [-0.2, 0) is 13.0 Å². The molecule has 1 heterocycles. The van der Waals surface area contributed by atoms with Crippen LogP contribution < -0.4 is 0 Å². The number of halogens is 3. The first-order valence-corrected chi connectivity index (χ1v) is 8.53. The van der Waals surface area contributed by atoms with Crippen LogP contribution in [0, 0.1) is 10.5 Å². The Labute approximate surface area is 145 Å². The molecule has 0 fully saturated rings. The molecule has 0 aliphatic heterocycles. The van der Waals surface area contributed by atoms with Gasteiger partial charge in [0.25, 0.3) is 0 Å². The number of hydrogen-bond acceptors (Lipinski definition) is 2. The standard InChI is InChI=1S/C14H15BrClIN2O/c1-3-19-12(14(16)8(2)18-19)7-13(20)10-6-9(15)4-5-11(10)17/h4-6,13,20H,3,7H2,1-2H3. The second kappa shape index (κ2) is 6.77. The predicted octanol–water partition coefficient (Wildman–Crippen LogP) is 4.51. The zero-order chi connectivity index (χ0) is 14.9. The van der Waals surface area contributed by atoms with Gasteiger partial charge in [0.2, 0.25) is 0 Å². The summed E-state index contributed by atoms with van der Waals surface area (Å²) in [4.78, 5) is 0. The van der Waals surface area contributed by atoms with E-state index in [1.165, 1.54) is 0 Å². The zero-order valence-corrected chi connectivity index (χ0v) is 15.7. The van der Waals surface area contributed by atoms with Gasteiger partial charge in [0, 0.05) is 21.0 Å². The number of nitrogens with zero attached hydrogens (tertiary/aromatic N) is 2. The van der Waals surface area contributed by atoms with Gasteiger partial charge in [-0.25, -0.2) is 0 Å². The summed E-state index contributed by atoms with van der Waals surface area (Å²) in [6, 6.07) is 5.89. The van der Waals surface area contributed by atoms with Crippen LogP contribution in [0.3, 0.4) is 0 Å². The van der Waals surface area contributed by atoms with Gasteiger partial charge in [-0.3, -0.25) is 4.68 Å². The van der Waals surface area contributed by atoms with Crippen molar-refractivity contribution < 1.29 is 5.11 Å². The molecular formula is C14H15BrClIN2O. The highest BCUT2D eigenvalue weighted by atomic mass is 127. The second-order valence-electron chi connectivity index (χ2n) is 4.55. The van der Waals surface area contributed by atoms with Crippen molar-refractivity contribution in [3.8, 4) is 0 Å². The summed E-state index contributed by atoms with van der Waals surface area (Å²) in [5.74, 6) is 0. The Morgan fingerprint density at radius 2 is 2.20 bits per heavy atom. The Morgan fingerprint density at radius 3 is 2.85 bits per heavy atom. The topological polar surface area (TPSA) is 38.0 Å². The molecule has 0 saturated carbocycles. The SMILES string of the molecule is CCn1nc(C)c(Cl)c1CC(O)c1cc(Br)ccc1I. The molecule has 0 radical (unpaired) electrons. The summed E-state index contributed by atoms with van der Waals surface area (Å²) in [6.45, 7) is 4.64. The van der Waals surface area contributed by atoms with Crippen LogP contribution in [0.4, 0.5) is 0 Å². The normalized spacial score (nSPS) is 12.7. The van der Waals surface area contributed by atoms with Gasteiger partial charge < -0.3 is 5.11 Å². The Kier molecular flexibility index (Phi) is 5.50. The van der Waals surface area contributed by atoms with E-state index in [1.807, 2.05) is 36.7 Å². The monoisotopic (exact) mass is 468 g/mol. The van der Waals surface area contributed by atoms with E-state index in [2.05, 4.69) is 43.6 Å². The summed E-state index contributed by atoms with van der Waals surface area (Å²) in [5.41, 5.74) is 2.59. The Hall–Kier alpha value is -0.110. The number of hydrogen-bond donors (Lipinski definition) is 1. The van der Waals surface area contributed by atoms with Gasteiger partial charge in [0.15, 0.2) is 0 Å². The molecule has 1 atom stereocenters. The van der Waals surface area contributed by atoms with E-state index in [0.717, 1.165) is 31.5 Å². The highest BCUT2D eigenvalue weighted by Crippen LogP contribution is 2.29. The lowest BCUT2D eigenvalue weighted by Crippen LogP contribution is -2.10. The maximum atomic E-state index is 10.5. The molecular weight excluding hydrogens is 454 g/mol. The lowest BCUT2D eigenvalue weighted by Gasteiger charge is -2.14. The van der Waals surface area contributed by atoms with Crippen LogP contribution in [0.25, 0.3) is 0 Å². The van der Waals surface area contributed by atoms with E-state index in [0.29, 0.717) is 11.4 Å². The van der Waals surface area contributed by atoms with Crippen LogP contribution in [-0.4, -0.2) is 14.9 Å². The molecule has 2 aromatic rings. The van der Waals surface area contributed by atoms with Crippen molar-refractivity contribution in [1.29, 1.82) is 0 Å². The van der Waals surface area contributed by atoms with Gasteiger partial charge in [-0.15, -0.1) is 0 Å². The third-order valence-corrected chi connectivity index (χ3v) is 5.12. The fourth-order valence-corrected chi connectivity index (χ4v) is 3.41. The van der Waals surface area contributed by atoms with Crippen LogP contribution in [0.2, 0.25) is 5.02 Å². The smallest absolute Gasteiger partial charge is 0.0856 e. The van der Waals surface area contributed by atoms with Crippen molar-refractivity contribution in [3.05, 3.63) is 48.2 Å². The first-order valence-electron chi connectivity index (χ1n) is 6.28. The van der Waals surface area contributed by atoms with Crippen molar-refractivity contribution in [3.63, 3.8) is 0 Å². The van der Waals surface area contributed by atoms with E-state index < -0.39 is 6.10 Å². The highest BCUT2D eigenvalue weighted by Gasteiger charge is 2.19. The number of rotatable bonds is 4. The molecule has 1 aromatic heterocycles. The minimum absolute atomic E-state index is 0.458. The quantitative estimate of drug-likeness (QED) is 0.670. The summed E-state index contributed by atoms with van der Waals surface area (Å²) in [7, 11) is 0. The molecule has 1 N–H and O–H groups in total. The first kappa shape index (κ1) is 16.3. The van der Waals surface area contributed by atoms with Gasteiger partial charge in [-0.05, 0) is 60.2 Å². The van der Waals surface area contributed by atoms with E-state index >= 15 is 0 Å². The number of benzene rings is 1. The Balaban J connectivity index is 2.32. The van der Waals surface area contributed by atoms with Gasteiger partial charge in [-0.2, -0.15) is 5.10 Å². The fourth-order valence-electron chi connectivity index (χ4n) is 2.13. The second-order valence-corrected chi connectivity index (χ2v) is 7.00. The number of aromatic nitrogens is 2. The summed E-state index contributed by atoms with van der Waals surface area (Å²) >= 11 is 12.0. The average Bonchev–Trinajstić information content (AvgIpc) is 2.69. The Bertz CT molecular complexity index is 630. The van der Waals surface area contributed by atoms with Crippen molar-refractivity contribution >= 4 is 50.1 Å². The molecule has 108 valence electrons. The minimum atomic E-state index is -0.599. The molecule has 2 rings (SSSR count). The molecule has 20 heavy (non-hydrogen) atoms. The van der Waals surface area contributed by atoms with Crippen LogP contribution in [0.5, 0.6) is 0 Å². The van der Waals surface area contributed by atoms with E-state index in [1.54, 1.807) is 0 Å². The Morgan fingerprint density at radius 1 is 1.50 bits per heavy atom. The van der Waals surface area contributed by atoms with Crippen molar-refractivity contribution in [2.24, 2.45) is 0 Å². The molecule has 0 saturated heterocycles. The van der Waals surface area contributed by atoms with E-state index in [4.69, 9.17) is 11.6 Å². The average molecular weight is 470 g/mol. The molecule has 3 nitrogen and oxygen atoms in total. The molecule has 0 spiro atoms. The highest BCUT2D eigenvalue weighted by molar-refractivity contribution is 14.1. The molecule has 0 aliphatic carbocycles. The van der Waals surface area contributed by atoms with Gasteiger partial charge in [-0.1, -0.05) is 27.5 Å². The predicted molar refractivity (Wildman–Crippen MR) is 93.2 cm³/mol. The fraction of sp³-hybridized carbons (Fsp3) is 0.357. The van der Waals surface area contributed by atoms with E-state index in [9.17, 15) is 5.11 Å². The van der Waals surface area contributed by atoms with Gasteiger partial charge in [0.1, 0.15) is 0 Å². The maximum Gasteiger partial charge on any atom is 0.0856 e. The number of aliphatic hydroxyl groups excluding tert-OH is 1. The third kappa shape index (κ3) is 3.37. The molecule has 0 amide bonds. The summed E-state index contributed by atoms with van der Waals surface area (Å²) < 4.78 is 3.85. The van der Waals surface area contributed by atoms with Crippen molar-refractivity contribution in [1.82, 2.24) is 9.78 Å². The summed E-state index contributed by atoms with van der Waals surface area (Å²) in [6.07, 6.45) is -0.140. The van der Waals surface area contributed by atoms with Crippen LogP contribution in [0.1, 0.15) is 30.0 Å². The number of aliphatic hydroxyl groups is 1. The molecule has 6 heteroatoms. The zero-order valence-electron chi connectivity index (χ0n) is 11.2. The van der Waals surface area contributed by atoms with Crippen LogP contribution >= 0.6 is 50.1 Å². The first-order chi connectivity index (χ1) is 9.43. The third-order valence-electron chi connectivity index (χ3n) is 3.16.